The summed E-state index contributed by atoms with van der Waals surface area (Å²) >= 11 is 0. The van der Waals surface area contributed by atoms with Crippen molar-refractivity contribution in [1.82, 2.24) is 9.62 Å². The molecule has 1 heterocycles. The molecule has 1 fully saturated rings. The van der Waals surface area contributed by atoms with E-state index in [1.54, 1.807) is 7.05 Å². The molecule has 1 unspecified atom stereocenters. The van der Waals surface area contributed by atoms with Crippen LogP contribution in [-0.2, 0) is 16.2 Å². The van der Waals surface area contributed by atoms with E-state index in [1.165, 1.54) is 12.1 Å². The lowest BCUT2D eigenvalue weighted by Crippen LogP contribution is -2.31. The van der Waals surface area contributed by atoms with Crippen LogP contribution in [0, 0.1) is 5.92 Å². The van der Waals surface area contributed by atoms with Gasteiger partial charge in [0.2, 0.25) is 10.0 Å². The van der Waals surface area contributed by atoms with Crippen LogP contribution < -0.4 is 5.32 Å². The number of halogens is 3. The van der Waals surface area contributed by atoms with Gasteiger partial charge in [-0.25, -0.2) is 8.42 Å². The van der Waals surface area contributed by atoms with Crippen LogP contribution in [0.3, 0.4) is 0 Å². The van der Waals surface area contributed by atoms with Gasteiger partial charge in [-0.15, -0.1) is 0 Å². The molecule has 2 rings (SSSR count). The summed E-state index contributed by atoms with van der Waals surface area (Å²) in [6, 6.07) is 4.32. The molecule has 0 saturated carbocycles. The van der Waals surface area contributed by atoms with Gasteiger partial charge >= 0.3 is 6.18 Å². The second-order valence-corrected chi connectivity index (χ2v) is 6.98. The maximum absolute atomic E-state index is 13.0. The maximum atomic E-state index is 13.0. The number of benzene rings is 1. The standard InChI is InChI=1S/C13H17F3N2O2S/c1-17-8-10-6-7-18(9-10)21(19,20)12-5-3-2-4-11(12)13(14,15)16/h2-5,10,17H,6-9H2,1H3. The molecule has 1 aliphatic rings. The molecule has 1 saturated heterocycles. The molecule has 0 spiro atoms. The minimum absolute atomic E-state index is 0.128. The van der Waals surface area contributed by atoms with Crippen molar-refractivity contribution in [3.05, 3.63) is 29.8 Å². The van der Waals surface area contributed by atoms with Gasteiger partial charge in [0.25, 0.3) is 0 Å². The van der Waals surface area contributed by atoms with Gasteiger partial charge in [-0.05, 0) is 38.1 Å². The molecule has 4 nitrogen and oxygen atoms in total. The Labute approximate surface area is 122 Å². The average molecular weight is 322 g/mol. The van der Waals surface area contributed by atoms with Crippen LogP contribution in [0.5, 0.6) is 0 Å². The molecular weight excluding hydrogens is 305 g/mol. The molecular formula is C13H17F3N2O2S. The van der Waals surface area contributed by atoms with E-state index in [0.29, 0.717) is 13.0 Å². The third-order valence-electron chi connectivity index (χ3n) is 3.55. The Kier molecular flexibility index (Phi) is 4.60. The molecule has 0 aliphatic carbocycles. The van der Waals surface area contributed by atoms with E-state index in [2.05, 4.69) is 5.32 Å². The summed E-state index contributed by atoms with van der Waals surface area (Å²) in [4.78, 5) is -0.664. The van der Waals surface area contributed by atoms with E-state index >= 15 is 0 Å². The van der Waals surface area contributed by atoms with Gasteiger partial charge in [-0.1, -0.05) is 12.1 Å². The summed E-state index contributed by atoms with van der Waals surface area (Å²) in [7, 11) is -2.36. The van der Waals surface area contributed by atoms with Crippen molar-refractivity contribution in [1.29, 1.82) is 0 Å². The Morgan fingerprint density at radius 1 is 1.33 bits per heavy atom. The van der Waals surface area contributed by atoms with E-state index in [4.69, 9.17) is 0 Å². The van der Waals surface area contributed by atoms with E-state index in [9.17, 15) is 21.6 Å². The van der Waals surface area contributed by atoms with Gasteiger partial charge in [-0.2, -0.15) is 17.5 Å². The topological polar surface area (TPSA) is 49.4 Å². The Balaban J connectivity index is 2.34. The molecule has 1 atom stereocenters. The molecule has 0 aromatic heterocycles. The van der Waals surface area contributed by atoms with Crippen molar-refractivity contribution in [2.75, 3.05) is 26.7 Å². The van der Waals surface area contributed by atoms with E-state index in [-0.39, 0.29) is 19.0 Å². The fraction of sp³-hybridized carbons (Fsp3) is 0.538. The van der Waals surface area contributed by atoms with Crippen LogP contribution in [0.15, 0.2) is 29.2 Å². The van der Waals surface area contributed by atoms with Gasteiger partial charge in [0, 0.05) is 13.1 Å². The highest BCUT2D eigenvalue weighted by Crippen LogP contribution is 2.36. The van der Waals surface area contributed by atoms with E-state index in [0.717, 1.165) is 16.4 Å². The second-order valence-electron chi connectivity index (χ2n) is 5.07. The van der Waals surface area contributed by atoms with Gasteiger partial charge in [-0.3, -0.25) is 0 Å². The van der Waals surface area contributed by atoms with Crippen molar-refractivity contribution in [2.24, 2.45) is 5.92 Å². The Bertz CT molecular complexity index is 602. The third-order valence-corrected chi connectivity index (χ3v) is 5.47. The number of alkyl halides is 3. The highest BCUT2D eigenvalue weighted by molar-refractivity contribution is 7.89. The summed E-state index contributed by atoms with van der Waals surface area (Å²) in [5, 5.41) is 2.96. The molecule has 21 heavy (non-hydrogen) atoms. The number of nitrogens with zero attached hydrogens (tertiary/aromatic N) is 1. The van der Waals surface area contributed by atoms with Crippen molar-refractivity contribution in [3.63, 3.8) is 0 Å². The summed E-state index contributed by atoms with van der Waals surface area (Å²) in [6.45, 7) is 1.14. The number of hydrogen-bond donors (Lipinski definition) is 1. The molecule has 8 heteroatoms. The van der Waals surface area contributed by atoms with Crippen molar-refractivity contribution in [2.45, 2.75) is 17.5 Å². The quantitative estimate of drug-likeness (QED) is 0.921. The fourth-order valence-electron chi connectivity index (χ4n) is 2.54. The molecule has 1 aromatic carbocycles. The van der Waals surface area contributed by atoms with Crippen LogP contribution in [-0.4, -0.2) is 39.4 Å². The molecule has 0 amide bonds. The van der Waals surface area contributed by atoms with Gasteiger partial charge < -0.3 is 5.32 Å². The molecule has 0 bridgehead atoms. The van der Waals surface area contributed by atoms with E-state index < -0.39 is 26.7 Å². The fourth-order valence-corrected chi connectivity index (χ4v) is 4.28. The highest BCUT2D eigenvalue weighted by Gasteiger charge is 2.40. The number of hydrogen-bond acceptors (Lipinski definition) is 3. The lowest BCUT2D eigenvalue weighted by molar-refractivity contribution is -0.139. The first-order valence-corrected chi connectivity index (χ1v) is 8.02. The first kappa shape index (κ1) is 16.3. The summed E-state index contributed by atoms with van der Waals surface area (Å²) < 4.78 is 65.0. The number of nitrogens with one attached hydrogen (secondary N) is 1. The second kappa shape index (κ2) is 5.94. The van der Waals surface area contributed by atoms with Gasteiger partial charge in [0.1, 0.15) is 0 Å². The smallest absolute Gasteiger partial charge is 0.319 e. The summed E-state index contributed by atoms with van der Waals surface area (Å²) in [5.41, 5.74) is -1.11. The molecule has 0 radical (unpaired) electrons. The monoisotopic (exact) mass is 322 g/mol. The largest absolute Gasteiger partial charge is 0.417 e. The predicted octanol–water partition coefficient (Wildman–Crippen LogP) is 1.94. The van der Waals surface area contributed by atoms with Gasteiger partial charge in [0.05, 0.1) is 10.5 Å². The first-order chi connectivity index (χ1) is 9.76. The Hall–Kier alpha value is -1.12. The lowest BCUT2D eigenvalue weighted by atomic mass is 10.1. The SMILES string of the molecule is CNCC1CCN(S(=O)(=O)c2ccccc2C(F)(F)F)C1. The van der Waals surface area contributed by atoms with E-state index in [1.807, 2.05) is 0 Å². The van der Waals surface area contributed by atoms with Crippen molar-refractivity contribution < 1.29 is 21.6 Å². The zero-order valence-electron chi connectivity index (χ0n) is 11.5. The summed E-state index contributed by atoms with van der Waals surface area (Å²) in [5.74, 6) is 0.128. The molecule has 1 aromatic rings. The minimum atomic E-state index is -4.69. The zero-order valence-corrected chi connectivity index (χ0v) is 12.3. The van der Waals surface area contributed by atoms with Crippen LogP contribution in [0.25, 0.3) is 0 Å². The van der Waals surface area contributed by atoms with Crippen molar-refractivity contribution in [3.8, 4) is 0 Å². The highest BCUT2D eigenvalue weighted by atomic mass is 32.2. The molecule has 118 valence electrons. The van der Waals surface area contributed by atoms with Crippen LogP contribution in [0.2, 0.25) is 0 Å². The number of sulfonamides is 1. The van der Waals surface area contributed by atoms with Gasteiger partial charge in [0.15, 0.2) is 0 Å². The summed E-state index contributed by atoms with van der Waals surface area (Å²) in [6.07, 6.45) is -4.04. The predicted molar refractivity (Wildman–Crippen MR) is 72.2 cm³/mol. The first-order valence-electron chi connectivity index (χ1n) is 6.58. The van der Waals surface area contributed by atoms with Crippen LogP contribution >= 0.6 is 0 Å². The van der Waals surface area contributed by atoms with Crippen LogP contribution in [0.1, 0.15) is 12.0 Å². The minimum Gasteiger partial charge on any atom is -0.319 e. The Morgan fingerprint density at radius 3 is 2.62 bits per heavy atom. The van der Waals surface area contributed by atoms with Crippen molar-refractivity contribution >= 4 is 10.0 Å². The molecule has 1 aliphatic heterocycles. The lowest BCUT2D eigenvalue weighted by Gasteiger charge is -2.19. The molecule has 1 N–H and O–H groups in total. The zero-order chi connectivity index (χ0) is 15.7. The maximum Gasteiger partial charge on any atom is 0.417 e. The van der Waals surface area contributed by atoms with Crippen LogP contribution in [0.4, 0.5) is 13.2 Å². The number of rotatable bonds is 4. The Morgan fingerprint density at radius 2 is 2.00 bits per heavy atom. The normalized spacial score (nSPS) is 20.9. The third kappa shape index (κ3) is 3.38. The average Bonchev–Trinajstić information content (AvgIpc) is 2.87.